The second-order valence-electron chi connectivity index (χ2n) is 8.61. The maximum Gasteiger partial charge on any atom is 0.242 e. The van der Waals surface area contributed by atoms with E-state index in [1.54, 1.807) is 18.4 Å². The van der Waals surface area contributed by atoms with Crippen LogP contribution < -0.4 is 10.6 Å². The third kappa shape index (κ3) is 5.91. The molecule has 1 atom stereocenters. The van der Waals surface area contributed by atoms with Crippen LogP contribution in [0.3, 0.4) is 0 Å². The van der Waals surface area contributed by atoms with E-state index >= 15 is 0 Å². The number of nitrogens with zero attached hydrogens (tertiary/aromatic N) is 1. The number of likely N-dealkylation sites (N-methyl/N-ethyl adjacent to an activating group) is 1. The quantitative estimate of drug-likeness (QED) is 0.238. The second kappa shape index (κ2) is 11.3. The van der Waals surface area contributed by atoms with Crippen LogP contribution in [0.5, 0.6) is 0 Å². The fourth-order valence-electron chi connectivity index (χ4n) is 4.18. The van der Waals surface area contributed by atoms with E-state index in [2.05, 4.69) is 57.4 Å². The molecule has 5 rings (SSSR count). The molecule has 0 saturated heterocycles. The van der Waals surface area contributed by atoms with Crippen molar-refractivity contribution < 1.29 is 9.59 Å². The molecule has 2 aromatic heterocycles. The van der Waals surface area contributed by atoms with E-state index < -0.39 is 6.04 Å². The number of rotatable bonds is 8. The van der Waals surface area contributed by atoms with Crippen molar-refractivity contribution in [3.63, 3.8) is 0 Å². The standard InChI is InChI=1S/C29H24ClN3O2S2/c1-31-28(35)25(33-26(34)16-23-17-37-29(32-23)21-9-11-22(30)12-10-21)15-18-5-7-19(8-6-18)24-4-2-3-20-13-14-36-27(20)24/h2-14,17,25H,15-16H2,1H3,(H,31,35)(H,33,34)/t25-/m1/s1. The number of carbonyl (C=O) groups is 2. The molecule has 0 spiro atoms. The van der Waals surface area contributed by atoms with Crippen LogP contribution in [0.1, 0.15) is 11.3 Å². The topological polar surface area (TPSA) is 71.1 Å². The molecular weight excluding hydrogens is 522 g/mol. The monoisotopic (exact) mass is 545 g/mol. The van der Waals surface area contributed by atoms with E-state index in [4.69, 9.17) is 11.6 Å². The lowest BCUT2D eigenvalue weighted by atomic mass is 9.99. The van der Waals surface area contributed by atoms with Gasteiger partial charge in [-0.15, -0.1) is 22.7 Å². The van der Waals surface area contributed by atoms with Crippen molar-refractivity contribution in [3.8, 4) is 21.7 Å². The van der Waals surface area contributed by atoms with Gasteiger partial charge in [-0.3, -0.25) is 9.59 Å². The number of amides is 2. The molecule has 37 heavy (non-hydrogen) atoms. The fourth-order valence-corrected chi connectivity index (χ4v) is 6.07. The number of halogens is 1. The van der Waals surface area contributed by atoms with Gasteiger partial charge in [-0.25, -0.2) is 4.98 Å². The zero-order chi connectivity index (χ0) is 25.8. The van der Waals surface area contributed by atoms with Gasteiger partial charge in [0.1, 0.15) is 11.0 Å². The van der Waals surface area contributed by atoms with Crippen LogP contribution in [0.2, 0.25) is 5.02 Å². The zero-order valence-electron chi connectivity index (χ0n) is 20.0. The summed E-state index contributed by atoms with van der Waals surface area (Å²) in [5.74, 6) is -0.483. The van der Waals surface area contributed by atoms with Gasteiger partial charge in [0.2, 0.25) is 11.8 Å². The lowest BCUT2D eigenvalue weighted by Crippen LogP contribution is -2.47. The minimum Gasteiger partial charge on any atom is -0.357 e. The SMILES string of the molecule is CNC(=O)[C@@H](Cc1ccc(-c2cccc3ccsc23)cc1)NC(=O)Cc1csc(-c2ccc(Cl)cc2)n1. The molecule has 8 heteroatoms. The van der Waals surface area contributed by atoms with Crippen LogP contribution >= 0.6 is 34.3 Å². The lowest BCUT2D eigenvalue weighted by Gasteiger charge is -2.17. The summed E-state index contributed by atoms with van der Waals surface area (Å²) in [4.78, 5) is 30.0. The molecule has 0 aliphatic carbocycles. The molecule has 0 fully saturated rings. The summed E-state index contributed by atoms with van der Waals surface area (Å²) in [5, 5.41) is 12.2. The second-order valence-corrected chi connectivity index (χ2v) is 10.8. The van der Waals surface area contributed by atoms with Crippen LogP contribution in [-0.4, -0.2) is 29.9 Å². The molecule has 2 amide bonds. The van der Waals surface area contributed by atoms with Crippen LogP contribution in [-0.2, 0) is 22.4 Å². The van der Waals surface area contributed by atoms with E-state index in [1.807, 2.05) is 41.8 Å². The van der Waals surface area contributed by atoms with Crippen LogP contribution in [0, 0.1) is 0 Å². The predicted molar refractivity (Wildman–Crippen MR) is 153 cm³/mol. The largest absolute Gasteiger partial charge is 0.357 e. The summed E-state index contributed by atoms with van der Waals surface area (Å²) in [5.41, 5.74) is 4.89. The number of hydrogen-bond donors (Lipinski definition) is 2. The predicted octanol–water partition coefficient (Wildman–Crippen LogP) is 6.36. The smallest absolute Gasteiger partial charge is 0.242 e. The van der Waals surface area contributed by atoms with Gasteiger partial charge in [-0.1, -0.05) is 66.2 Å². The molecule has 0 unspecified atom stereocenters. The van der Waals surface area contributed by atoms with E-state index in [0.717, 1.165) is 21.7 Å². The van der Waals surface area contributed by atoms with Crippen molar-refractivity contribution in [1.82, 2.24) is 15.6 Å². The highest BCUT2D eigenvalue weighted by Gasteiger charge is 2.21. The lowest BCUT2D eigenvalue weighted by molar-refractivity contribution is -0.128. The first-order chi connectivity index (χ1) is 18.0. The average molecular weight is 546 g/mol. The van der Waals surface area contributed by atoms with Crippen molar-refractivity contribution in [3.05, 3.63) is 99.8 Å². The third-order valence-electron chi connectivity index (χ3n) is 6.07. The first-order valence-electron chi connectivity index (χ1n) is 11.8. The normalized spacial score (nSPS) is 11.8. The Hall–Kier alpha value is -3.52. The molecule has 0 aliphatic heterocycles. The van der Waals surface area contributed by atoms with Crippen LogP contribution in [0.4, 0.5) is 0 Å². The maximum atomic E-state index is 12.8. The highest BCUT2D eigenvalue weighted by Crippen LogP contribution is 2.32. The molecule has 3 aromatic carbocycles. The summed E-state index contributed by atoms with van der Waals surface area (Å²) in [6.07, 6.45) is 0.489. The van der Waals surface area contributed by atoms with Crippen LogP contribution in [0.15, 0.2) is 83.6 Å². The molecule has 5 nitrogen and oxygen atoms in total. The fraction of sp³-hybridized carbons (Fsp3) is 0.138. The molecule has 0 aliphatic rings. The van der Waals surface area contributed by atoms with Crippen LogP contribution in [0.25, 0.3) is 31.8 Å². The number of nitrogens with one attached hydrogen (secondary N) is 2. The Labute approximate surface area is 228 Å². The molecule has 2 heterocycles. The maximum absolute atomic E-state index is 12.8. The van der Waals surface area contributed by atoms with E-state index in [0.29, 0.717) is 17.1 Å². The zero-order valence-corrected chi connectivity index (χ0v) is 22.4. The number of hydrogen-bond acceptors (Lipinski definition) is 5. The first-order valence-corrected chi connectivity index (χ1v) is 13.9. The van der Waals surface area contributed by atoms with Gasteiger partial charge < -0.3 is 10.6 Å². The summed E-state index contributed by atoms with van der Waals surface area (Å²) >= 11 is 9.17. The minimum absolute atomic E-state index is 0.0986. The number of thiazole rings is 1. The molecule has 186 valence electrons. The molecule has 0 radical (unpaired) electrons. The van der Waals surface area contributed by atoms with Gasteiger partial charge in [0, 0.05) is 34.1 Å². The number of fused-ring (bicyclic) bond motifs is 1. The Bertz CT molecular complexity index is 1540. The molecule has 0 saturated carbocycles. The summed E-state index contributed by atoms with van der Waals surface area (Å²) in [7, 11) is 1.57. The Morgan fingerprint density at radius 2 is 1.70 bits per heavy atom. The first kappa shape index (κ1) is 25.1. The minimum atomic E-state index is -0.682. The van der Waals surface area contributed by atoms with Gasteiger partial charge in [-0.2, -0.15) is 0 Å². The Balaban J connectivity index is 1.25. The van der Waals surface area contributed by atoms with E-state index in [1.165, 1.54) is 27.0 Å². The van der Waals surface area contributed by atoms with Crippen molar-refractivity contribution in [2.24, 2.45) is 0 Å². The highest BCUT2D eigenvalue weighted by atomic mass is 35.5. The Morgan fingerprint density at radius 1 is 0.946 bits per heavy atom. The van der Waals surface area contributed by atoms with Gasteiger partial charge in [0.15, 0.2) is 0 Å². The van der Waals surface area contributed by atoms with Crippen molar-refractivity contribution >= 4 is 56.2 Å². The number of aromatic nitrogens is 1. The van der Waals surface area contributed by atoms with Gasteiger partial charge in [0.05, 0.1) is 12.1 Å². The van der Waals surface area contributed by atoms with Crippen molar-refractivity contribution in [2.75, 3.05) is 7.05 Å². The number of carbonyl (C=O) groups excluding carboxylic acids is 2. The van der Waals surface area contributed by atoms with Gasteiger partial charge >= 0.3 is 0 Å². The van der Waals surface area contributed by atoms with Crippen molar-refractivity contribution in [1.29, 1.82) is 0 Å². The molecular formula is C29H24ClN3O2S2. The molecule has 5 aromatic rings. The van der Waals surface area contributed by atoms with Gasteiger partial charge in [0.25, 0.3) is 0 Å². The summed E-state index contributed by atoms with van der Waals surface area (Å²) in [6.45, 7) is 0. The highest BCUT2D eigenvalue weighted by molar-refractivity contribution is 7.17. The molecule has 0 bridgehead atoms. The van der Waals surface area contributed by atoms with Gasteiger partial charge in [-0.05, 0) is 45.7 Å². The number of benzene rings is 3. The Morgan fingerprint density at radius 3 is 2.46 bits per heavy atom. The Kier molecular flexibility index (Phi) is 7.65. The van der Waals surface area contributed by atoms with E-state index in [-0.39, 0.29) is 18.2 Å². The summed E-state index contributed by atoms with van der Waals surface area (Å²) in [6, 6.07) is 23.3. The third-order valence-corrected chi connectivity index (χ3v) is 8.22. The van der Waals surface area contributed by atoms with E-state index in [9.17, 15) is 9.59 Å². The number of thiophene rings is 1. The van der Waals surface area contributed by atoms with Crippen molar-refractivity contribution in [2.45, 2.75) is 18.9 Å². The molecule has 2 N–H and O–H groups in total. The average Bonchev–Trinajstić information content (AvgIpc) is 3.58. The summed E-state index contributed by atoms with van der Waals surface area (Å²) < 4.78 is 1.26.